The summed E-state index contributed by atoms with van der Waals surface area (Å²) in [7, 11) is 0. The zero-order valence-electron chi connectivity index (χ0n) is 13.3. The van der Waals surface area contributed by atoms with Gasteiger partial charge in [0, 0.05) is 12.1 Å². The van der Waals surface area contributed by atoms with E-state index in [-0.39, 0.29) is 19.0 Å². The molecule has 3 rings (SSSR count). The molecule has 124 valence electrons. The SMILES string of the molecule is CCCCN1C(=O)C(=O)N(Cc2ncc(-c3ccccc3)o2)C1=O. The first-order chi connectivity index (χ1) is 11.6. The quantitative estimate of drug-likeness (QED) is 0.601. The number of hydrogen-bond acceptors (Lipinski definition) is 5. The lowest BCUT2D eigenvalue weighted by atomic mass is 10.2. The Kier molecular flexibility index (Phi) is 4.41. The van der Waals surface area contributed by atoms with Gasteiger partial charge in [0.15, 0.2) is 5.76 Å². The number of benzene rings is 1. The molecule has 1 aliphatic heterocycles. The van der Waals surface area contributed by atoms with Crippen LogP contribution >= 0.6 is 0 Å². The number of unbranched alkanes of at least 4 members (excludes halogenated alkanes) is 1. The minimum Gasteiger partial charge on any atom is -0.439 e. The second-order valence-corrected chi connectivity index (χ2v) is 5.47. The van der Waals surface area contributed by atoms with Crippen LogP contribution < -0.4 is 0 Å². The number of rotatable bonds is 6. The molecule has 0 spiro atoms. The van der Waals surface area contributed by atoms with Crippen molar-refractivity contribution >= 4 is 17.8 Å². The molecule has 1 aromatic carbocycles. The summed E-state index contributed by atoms with van der Waals surface area (Å²) < 4.78 is 5.59. The van der Waals surface area contributed by atoms with Crippen LogP contribution in [0.5, 0.6) is 0 Å². The molecule has 0 saturated carbocycles. The summed E-state index contributed by atoms with van der Waals surface area (Å²) in [6, 6.07) is 8.75. The highest BCUT2D eigenvalue weighted by Crippen LogP contribution is 2.22. The highest BCUT2D eigenvalue weighted by molar-refractivity contribution is 6.44. The lowest BCUT2D eigenvalue weighted by Crippen LogP contribution is -2.33. The summed E-state index contributed by atoms with van der Waals surface area (Å²) in [5.41, 5.74) is 0.843. The van der Waals surface area contributed by atoms with Crippen molar-refractivity contribution in [3.63, 3.8) is 0 Å². The summed E-state index contributed by atoms with van der Waals surface area (Å²) in [4.78, 5) is 42.1. The standard InChI is InChI=1S/C17H17N3O4/c1-2-3-9-19-15(21)16(22)20(17(19)23)11-14-18-10-13(24-14)12-7-5-4-6-8-12/h4-8,10H,2-3,9,11H2,1H3. The molecule has 24 heavy (non-hydrogen) atoms. The Balaban J connectivity index is 1.74. The maximum Gasteiger partial charge on any atom is 0.334 e. The fraction of sp³-hybridized carbons (Fsp3) is 0.294. The minimum absolute atomic E-state index is 0.154. The molecule has 2 aromatic rings. The van der Waals surface area contributed by atoms with Crippen LogP contribution in [0.4, 0.5) is 4.79 Å². The predicted molar refractivity (Wildman–Crippen MR) is 84.5 cm³/mol. The average molecular weight is 327 g/mol. The van der Waals surface area contributed by atoms with Crippen LogP contribution in [-0.2, 0) is 16.1 Å². The van der Waals surface area contributed by atoms with Gasteiger partial charge in [0.1, 0.15) is 6.54 Å². The number of carbonyl (C=O) groups excluding carboxylic acids is 3. The monoisotopic (exact) mass is 327 g/mol. The molecule has 4 amide bonds. The molecule has 1 aromatic heterocycles. The first kappa shape index (κ1) is 15.9. The van der Waals surface area contributed by atoms with E-state index in [0.717, 1.165) is 21.8 Å². The van der Waals surface area contributed by atoms with E-state index < -0.39 is 17.8 Å². The third kappa shape index (κ3) is 2.92. The zero-order chi connectivity index (χ0) is 17.1. The molecule has 1 aliphatic rings. The maximum atomic E-state index is 12.3. The van der Waals surface area contributed by atoms with Gasteiger partial charge in [-0.25, -0.2) is 14.7 Å². The van der Waals surface area contributed by atoms with Gasteiger partial charge in [0.05, 0.1) is 6.20 Å². The molecular formula is C17H17N3O4. The molecule has 1 saturated heterocycles. The van der Waals surface area contributed by atoms with E-state index in [9.17, 15) is 14.4 Å². The molecule has 1 fully saturated rings. The molecule has 0 bridgehead atoms. The first-order valence-electron chi connectivity index (χ1n) is 7.79. The van der Waals surface area contributed by atoms with Crippen molar-refractivity contribution in [1.82, 2.24) is 14.8 Å². The van der Waals surface area contributed by atoms with Gasteiger partial charge in [-0.3, -0.25) is 14.5 Å². The largest absolute Gasteiger partial charge is 0.439 e. The summed E-state index contributed by atoms with van der Waals surface area (Å²) in [5, 5.41) is 0. The highest BCUT2D eigenvalue weighted by atomic mass is 16.4. The van der Waals surface area contributed by atoms with Crippen LogP contribution in [0.25, 0.3) is 11.3 Å². The first-order valence-corrected chi connectivity index (χ1v) is 7.79. The van der Waals surface area contributed by atoms with Gasteiger partial charge >= 0.3 is 17.8 Å². The molecule has 2 heterocycles. The van der Waals surface area contributed by atoms with Crippen LogP contribution in [0.3, 0.4) is 0 Å². The number of nitrogens with zero attached hydrogens (tertiary/aromatic N) is 3. The fourth-order valence-electron chi connectivity index (χ4n) is 2.46. The average Bonchev–Trinajstić information content (AvgIpc) is 3.15. The summed E-state index contributed by atoms with van der Waals surface area (Å²) in [6.45, 7) is 2.04. The van der Waals surface area contributed by atoms with Crippen molar-refractivity contribution < 1.29 is 18.8 Å². The third-order valence-electron chi connectivity index (χ3n) is 3.78. The van der Waals surface area contributed by atoms with Crippen molar-refractivity contribution in [2.75, 3.05) is 6.54 Å². The fourth-order valence-corrected chi connectivity index (χ4v) is 2.46. The van der Waals surface area contributed by atoms with Crippen molar-refractivity contribution in [2.45, 2.75) is 26.3 Å². The van der Waals surface area contributed by atoms with Gasteiger partial charge in [0.25, 0.3) is 0 Å². The second kappa shape index (κ2) is 6.66. The van der Waals surface area contributed by atoms with Crippen LogP contribution in [0, 0.1) is 0 Å². The topological polar surface area (TPSA) is 83.7 Å². The highest BCUT2D eigenvalue weighted by Gasteiger charge is 2.44. The number of amides is 4. The number of hydrogen-bond donors (Lipinski definition) is 0. The van der Waals surface area contributed by atoms with Crippen LogP contribution in [0.15, 0.2) is 40.9 Å². The second-order valence-electron chi connectivity index (χ2n) is 5.47. The molecule has 0 unspecified atom stereocenters. The van der Waals surface area contributed by atoms with Gasteiger partial charge in [-0.2, -0.15) is 0 Å². The number of carbonyl (C=O) groups is 3. The smallest absolute Gasteiger partial charge is 0.334 e. The Morgan fingerprint density at radius 1 is 1.04 bits per heavy atom. The van der Waals surface area contributed by atoms with E-state index in [1.807, 2.05) is 37.3 Å². The molecular weight excluding hydrogens is 310 g/mol. The third-order valence-corrected chi connectivity index (χ3v) is 3.78. The molecule has 0 radical (unpaired) electrons. The lowest BCUT2D eigenvalue weighted by molar-refractivity contribution is -0.143. The van der Waals surface area contributed by atoms with Crippen LogP contribution in [-0.4, -0.2) is 39.2 Å². The Bertz CT molecular complexity index is 769. The molecule has 0 atom stereocenters. The number of imide groups is 2. The molecule has 7 heteroatoms. The van der Waals surface area contributed by atoms with Gasteiger partial charge in [-0.15, -0.1) is 0 Å². The van der Waals surface area contributed by atoms with Crippen LogP contribution in [0.2, 0.25) is 0 Å². The summed E-state index contributed by atoms with van der Waals surface area (Å²) in [6.07, 6.45) is 3.02. The zero-order valence-corrected chi connectivity index (χ0v) is 13.3. The van der Waals surface area contributed by atoms with E-state index in [1.165, 1.54) is 6.20 Å². The van der Waals surface area contributed by atoms with E-state index in [2.05, 4.69) is 4.98 Å². The number of oxazole rings is 1. The van der Waals surface area contributed by atoms with Gasteiger partial charge in [-0.05, 0) is 6.42 Å². The van der Waals surface area contributed by atoms with Gasteiger partial charge in [-0.1, -0.05) is 43.7 Å². The van der Waals surface area contributed by atoms with E-state index in [0.29, 0.717) is 12.2 Å². The van der Waals surface area contributed by atoms with Crippen molar-refractivity contribution in [2.24, 2.45) is 0 Å². The Hall–Kier alpha value is -2.96. The number of aromatic nitrogens is 1. The van der Waals surface area contributed by atoms with Crippen LogP contribution in [0.1, 0.15) is 25.7 Å². The Morgan fingerprint density at radius 3 is 2.46 bits per heavy atom. The summed E-state index contributed by atoms with van der Waals surface area (Å²) >= 11 is 0. The lowest BCUT2D eigenvalue weighted by Gasteiger charge is -2.13. The maximum absolute atomic E-state index is 12.3. The normalized spacial score (nSPS) is 14.8. The Labute approximate surface area is 138 Å². The van der Waals surface area contributed by atoms with Gasteiger partial charge in [0.2, 0.25) is 5.89 Å². The van der Waals surface area contributed by atoms with Crippen molar-refractivity contribution in [3.05, 3.63) is 42.4 Å². The predicted octanol–water partition coefficient (Wildman–Crippen LogP) is 2.43. The van der Waals surface area contributed by atoms with E-state index in [1.54, 1.807) is 0 Å². The van der Waals surface area contributed by atoms with Crippen molar-refractivity contribution in [1.29, 1.82) is 0 Å². The molecule has 0 aliphatic carbocycles. The molecule has 7 nitrogen and oxygen atoms in total. The summed E-state index contributed by atoms with van der Waals surface area (Å²) in [5.74, 6) is -0.876. The number of urea groups is 1. The minimum atomic E-state index is -0.837. The van der Waals surface area contributed by atoms with Gasteiger partial charge < -0.3 is 4.42 Å². The van der Waals surface area contributed by atoms with E-state index in [4.69, 9.17) is 4.42 Å². The van der Waals surface area contributed by atoms with E-state index >= 15 is 0 Å². The van der Waals surface area contributed by atoms with Crippen molar-refractivity contribution in [3.8, 4) is 11.3 Å². The molecule has 0 N–H and O–H groups in total. The Morgan fingerprint density at radius 2 is 1.75 bits per heavy atom.